The molecule has 0 spiro atoms. The van der Waals surface area contributed by atoms with Gasteiger partial charge in [0.15, 0.2) is 0 Å². The molecule has 2 rings (SSSR count). The van der Waals surface area contributed by atoms with E-state index in [-0.39, 0.29) is 11.1 Å². The lowest BCUT2D eigenvalue weighted by molar-refractivity contribution is 0.623. The SMILES string of the molecule is NC(Cc1ccc(Cl)c(F)c1)c1sccc1Cl. The van der Waals surface area contributed by atoms with Crippen LogP contribution in [0, 0.1) is 5.82 Å². The Morgan fingerprint density at radius 2 is 2.00 bits per heavy atom. The Morgan fingerprint density at radius 1 is 1.24 bits per heavy atom. The van der Waals surface area contributed by atoms with Crippen molar-refractivity contribution in [3.05, 3.63) is 55.9 Å². The van der Waals surface area contributed by atoms with Crippen molar-refractivity contribution in [3.63, 3.8) is 0 Å². The van der Waals surface area contributed by atoms with Gasteiger partial charge in [-0.1, -0.05) is 29.3 Å². The van der Waals surface area contributed by atoms with Crippen LogP contribution in [0.1, 0.15) is 16.5 Å². The minimum Gasteiger partial charge on any atom is -0.323 e. The van der Waals surface area contributed by atoms with Gasteiger partial charge < -0.3 is 5.73 Å². The summed E-state index contributed by atoms with van der Waals surface area (Å²) in [4.78, 5) is 0.919. The highest BCUT2D eigenvalue weighted by molar-refractivity contribution is 7.10. The first-order chi connectivity index (χ1) is 8.08. The third kappa shape index (κ3) is 2.99. The number of thiophene rings is 1. The molecular formula is C12H10Cl2FNS. The lowest BCUT2D eigenvalue weighted by Crippen LogP contribution is -2.12. The summed E-state index contributed by atoms with van der Waals surface area (Å²) in [6.45, 7) is 0. The van der Waals surface area contributed by atoms with Crippen LogP contribution in [0.2, 0.25) is 10.0 Å². The third-order valence-corrected chi connectivity index (χ3v) is 4.22. The molecule has 90 valence electrons. The summed E-state index contributed by atoms with van der Waals surface area (Å²) < 4.78 is 13.3. The van der Waals surface area contributed by atoms with Crippen LogP contribution in [0.5, 0.6) is 0 Å². The summed E-state index contributed by atoms with van der Waals surface area (Å²) in [5, 5.41) is 2.67. The molecule has 2 aromatic rings. The molecule has 0 saturated carbocycles. The first-order valence-corrected chi connectivity index (χ1v) is 6.64. The average molecular weight is 290 g/mol. The lowest BCUT2D eigenvalue weighted by Gasteiger charge is -2.10. The van der Waals surface area contributed by atoms with Gasteiger partial charge in [-0.2, -0.15) is 0 Å². The van der Waals surface area contributed by atoms with E-state index in [1.54, 1.807) is 6.07 Å². The zero-order valence-corrected chi connectivity index (χ0v) is 11.1. The number of rotatable bonds is 3. The smallest absolute Gasteiger partial charge is 0.142 e. The highest BCUT2D eigenvalue weighted by Gasteiger charge is 2.13. The topological polar surface area (TPSA) is 26.0 Å². The van der Waals surface area contributed by atoms with Gasteiger partial charge >= 0.3 is 0 Å². The summed E-state index contributed by atoms with van der Waals surface area (Å²) in [7, 11) is 0. The van der Waals surface area contributed by atoms with Crippen molar-refractivity contribution in [3.8, 4) is 0 Å². The van der Waals surface area contributed by atoms with E-state index in [1.165, 1.54) is 23.5 Å². The minimum atomic E-state index is -0.423. The molecule has 1 aromatic carbocycles. The van der Waals surface area contributed by atoms with E-state index >= 15 is 0 Å². The van der Waals surface area contributed by atoms with Gasteiger partial charge in [0.25, 0.3) is 0 Å². The molecule has 0 aliphatic carbocycles. The summed E-state index contributed by atoms with van der Waals surface area (Å²) in [5.41, 5.74) is 6.84. The maximum atomic E-state index is 13.3. The van der Waals surface area contributed by atoms with Crippen molar-refractivity contribution in [2.24, 2.45) is 5.73 Å². The fourth-order valence-corrected chi connectivity index (χ4v) is 2.90. The standard InChI is InChI=1S/C12H10Cl2FNS/c13-8-2-1-7(5-10(8)15)6-11(16)12-9(14)3-4-17-12/h1-5,11H,6,16H2. The van der Waals surface area contributed by atoms with Gasteiger partial charge in [0.1, 0.15) is 5.82 Å². The Hall–Kier alpha value is -0.610. The van der Waals surface area contributed by atoms with Crippen molar-refractivity contribution in [2.75, 3.05) is 0 Å². The van der Waals surface area contributed by atoms with E-state index in [0.717, 1.165) is 10.4 Å². The second-order valence-electron chi connectivity index (χ2n) is 3.69. The van der Waals surface area contributed by atoms with Crippen molar-refractivity contribution in [1.29, 1.82) is 0 Å². The fraction of sp³-hybridized carbons (Fsp3) is 0.167. The maximum absolute atomic E-state index is 13.3. The Morgan fingerprint density at radius 3 is 2.59 bits per heavy atom. The first-order valence-electron chi connectivity index (χ1n) is 5.00. The molecule has 1 unspecified atom stereocenters. The van der Waals surface area contributed by atoms with E-state index < -0.39 is 5.82 Å². The van der Waals surface area contributed by atoms with E-state index in [1.807, 2.05) is 11.4 Å². The predicted octanol–water partition coefficient (Wildman–Crippen LogP) is 4.44. The number of nitrogens with two attached hydrogens (primary N) is 1. The Kier molecular flexibility index (Phi) is 4.05. The van der Waals surface area contributed by atoms with Gasteiger partial charge in [0.2, 0.25) is 0 Å². The zero-order chi connectivity index (χ0) is 12.4. The average Bonchev–Trinajstić information content (AvgIpc) is 2.70. The van der Waals surface area contributed by atoms with Gasteiger partial charge in [0, 0.05) is 10.9 Å². The van der Waals surface area contributed by atoms with Crippen LogP contribution in [0.25, 0.3) is 0 Å². The van der Waals surface area contributed by atoms with Crippen molar-refractivity contribution < 1.29 is 4.39 Å². The van der Waals surface area contributed by atoms with E-state index in [2.05, 4.69) is 0 Å². The van der Waals surface area contributed by atoms with Crippen LogP contribution < -0.4 is 5.73 Å². The van der Waals surface area contributed by atoms with Crippen LogP contribution in [-0.4, -0.2) is 0 Å². The van der Waals surface area contributed by atoms with E-state index in [4.69, 9.17) is 28.9 Å². The third-order valence-electron chi connectivity index (χ3n) is 2.42. The number of benzene rings is 1. The molecule has 2 N–H and O–H groups in total. The van der Waals surface area contributed by atoms with Crippen LogP contribution in [0.4, 0.5) is 4.39 Å². The molecule has 1 aromatic heterocycles. The van der Waals surface area contributed by atoms with Gasteiger partial charge in [-0.15, -0.1) is 11.3 Å². The molecule has 0 aliphatic heterocycles. The van der Waals surface area contributed by atoms with Crippen LogP contribution in [-0.2, 0) is 6.42 Å². The molecule has 1 atom stereocenters. The molecule has 1 nitrogen and oxygen atoms in total. The Bertz CT molecular complexity index is 527. The molecule has 5 heteroatoms. The molecule has 0 bridgehead atoms. The predicted molar refractivity (Wildman–Crippen MR) is 71.4 cm³/mol. The van der Waals surface area contributed by atoms with Crippen LogP contribution in [0.15, 0.2) is 29.6 Å². The zero-order valence-electron chi connectivity index (χ0n) is 8.79. The molecule has 0 saturated heterocycles. The monoisotopic (exact) mass is 289 g/mol. The molecular weight excluding hydrogens is 280 g/mol. The minimum absolute atomic E-state index is 0.122. The second kappa shape index (κ2) is 5.36. The molecule has 0 radical (unpaired) electrons. The molecule has 0 aliphatic rings. The van der Waals surface area contributed by atoms with Gasteiger partial charge in [-0.25, -0.2) is 4.39 Å². The molecule has 0 fully saturated rings. The lowest BCUT2D eigenvalue weighted by atomic mass is 10.1. The second-order valence-corrected chi connectivity index (χ2v) is 5.45. The molecule has 1 heterocycles. The summed E-state index contributed by atoms with van der Waals surface area (Å²) in [6, 6.07) is 6.30. The summed E-state index contributed by atoms with van der Waals surface area (Å²) in [5.74, 6) is -0.423. The normalized spacial score (nSPS) is 12.7. The van der Waals surface area contributed by atoms with E-state index in [0.29, 0.717) is 11.4 Å². The molecule has 0 amide bonds. The number of hydrogen-bond acceptors (Lipinski definition) is 2. The van der Waals surface area contributed by atoms with Gasteiger partial charge in [0.05, 0.1) is 10.0 Å². The number of halogens is 3. The Labute approximate surface area is 113 Å². The highest BCUT2D eigenvalue weighted by Crippen LogP contribution is 2.29. The van der Waals surface area contributed by atoms with Gasteiger partial charge in [-0.3, -0.25) is 0 Å². The summed E-state index contributed by atoms with van der Waals surface area (Å²) >= 11 is 13.1. The van der Waals surface area contributed by atoms with Crippen molar-refractivity contribution in [1.82, 2.24) is 0 Å². The Balaban J connectivity index is 2.16. The van der Waals surface area contributed by atoms with Crippen LogP contribution in [0.3, 0.4) is 0 Å². The number of hydrogen-bond donors (Lipinski definition) is 1. The van der Waals surface area contributed by atoms with Crippen molar-refractivity contribution in [2.45, 2.75) is 12.5 Å². The van der Waals surface area contributed by atoms with Crippen LogP contribution >= 0.6 is 34.5 Å². The van der Waals surface area contributed by atoms with E-state index in [9.17, 15) is 4.39 Å². The quantitative estimate of drug-likeness (QED) is 0.888. The first kappa shape index (κ1) is 12.8. The largest absolute Gasteiger partial charge is 0.323 e. The van der Waals surface area contributed by atoms with Crippen molar-refractivity contribution >= 4 is 34.5 Å². The maximum Gasteiger partial charge on any atom is 0.142 e. The van der Waals surface area contributed by atoms with Gasteiger partial charge in [-0.05, 0) is 35.6 Å². The summed E-state index contributed by atoms with van der Waals surface area (Å²) in [6.07, 6.45) is 0.536. The fourth-order valence-electron chi connectivity index (χ4n) is 1.58. The molecule has 17 heavy (non-hydrogen) atoms. The highest BCUT2D eigenvalue weighted by atomic mass is 35.5.